The molecule has 2 aromatic heterocycles. The molecule has 1 saturated carbocycles. The van der Waals surface area contributed by atoms with Crippen molar-refractivity contribution in [2.75, 3.05) is 6.61 Å². The van der Waals surface area contributed by atoms with Crippen molar-refractivity contribution >= 4 is 15.9 Å². The van der Waals surface area contributed by atoms with Gasteiger partial charge in [0.2, 0.25) is 5.88 Å². The van der Waals surface area contributed by atoms with Crippen molar-refractivity contribution in [3.05, 3.63) is 65.6 Å². The van der Waals surface area contributed by atoms with Gasteiger partial charge in [-0.25, -0.2) is 19.1 Å². The van der Waals surface area contributed by atoms with Crippen molar-refractivity contribution in [3.63, 3.8) is 0 Å². The third-order valence-electron chi connectivity index (χ3n) is 5.80. The Kier molecular flexibility index (Phi) is 7.77. The van der Waals surface area contributed by atoms with Gasteiger partial charge in [0, 0.05) is 20.2 Å². The molecule has 1 aromatic carbocycles. The number of aromatic nitrogens is 2. The minimum atomic E-state index is -4.23. The predicted molar refractivity (Wildman–Crippen MR) is 141 cm³/mol. The second kappa shape index (κ2) is 10.8. The summed E-state index contributed by atoms with van der Waals surface area (Å²) >= 11 is 0. The van der Waals surface area contributed by atoms with Crippen LogP contribution in [-0.4, -0.2) is 37.0 Å². The molecule has 1 amide bonds. The minimum Gasteiger partial charge on any atom is -0.493 e. The average molecular weight is 532 g/mol. The number of carbonyl (C=O) groups excluding carboxylic acids is 1. The Morgan fingerprint density at radius 1 is 1.14 bits per heavy atom. The van der Waals surface area contributed by atoms with E-state index in [1.165, 1.54) is 30.3 Å². The molecular formula is C27H34FN3O5S. The van der Waals surface area contributed by atoms with Gasteiger partial charge in [0.05, 0.1) is 12.3 Å². The smallest absolute Gasteiger partial charge is 0.281 e. The highest BCUT2D eigenvalue weighted by Crippen LogP contribution is 2.36. The van der Waals surface area contributed by atoms with Crippen molar-refractivity contribution < 1.29 is 29.9 Å². The standard InChI is InChI=1S/C27H30FN3O5S.2H2/c1-16(2)15-35-22-13-20(12-21(28)14-22)24-11-10-23(27(30-24)36-18(4)19-8-9-19)26(32)31-37(33,34)25-7-5-6-17(3)29-25;;/h5-7,10-14,16,18-19H,8-9,15H2,1-4H3,(H,31,32);2*1H. The summed E-state index contributed by atoms with van der Waals surface area (Å²) in [6.07, 6.45) is 1.76. The van der Waals surface area contributed by atoms with E-state index in [2.05, 4.69) is 14.7 Å². The fourth-order valence-electron chi connectivity index (χ4n) is 3.66. The van der Waals surface area contributed by atoms with E-state index in [9.17, 15) is 17.6 Å². The molecule has 1 aliphatic carbocycles. The van der Waals surface area contributed by atoms with E-state index in [0.29, 0.717) is 35.2 Å². The number of halogens is 1. The van der Waals surface area contributed by atoms with E-state index >= 15 is 0 Å². The van der Waals surface area contributed by atoms with Crippen LogP contribution in [0.25, 0.3) is 11.3 Å². The van der Waals surface area contributed by atoms with Crippen molar-refractivity contribution in [2.45, 2.75) is 51.7 Å². The Morgan fingerprint density at radius 2 is 1.89 bits per heavy atom. The molecule has 0 aliphatic heterocycles. The predicted octanol–water partition coefficient (Wildman–Crippen LogP) is 5.41. The van der Waals surface area contributed by atoms with Gasteiger partial charge in [-0.3, -0.25) is 4.79 Å². The van der Waals surface area contributed by atoms with Crippen LogP contribution in [0.2, 0.25) is 0 Å². The fourth-order valence-corrected chi connectivity index (χ4v) is 4.64. The highest BCUT2D eigenvalue weighted by molar-refractivity contribution is 7.90. The molecule has 0 saturated heterocycles. The van der Waals surface area contributed by atoms with Gasteiger partial charge in [-0.2, -0.15) is 8.42 Å². The summed E-state index contributed by atoms with van der Waals surface area (Å²) in [4.78, 5) is 21.6. The molecule has 10 heteroatoms. The van der Waals surface area contributed by atoms with Crippen molar-refractivity contribution in [1.82, 2.24) is 14.7 Å². The van der Waals surface area contributed by atoms with Gasteiger partial charge in [-0.1, -0.05) is 19.9 Å². The number of aryl methyl sites for hydroxylation is 1. The number of benzene rings is 1. The molecule has 0 spiro atoms. The first-order valence-corrected chi connectivity index (χ1v) is 13.6. The third-order valence-corrected chi connectivity index (χ3v) is 7.04. The molecule has 1 fully saturated rings. The summed E-state index contributed by atoms with van der Waals surface area (Å²) in [7, 11) is -4.23. The van der Waals surface area contributed by atoms with Gasteiger partial charge in [-0.05, 0) is 74.9 Å². The minimum absolute atomic E-state index is 0. The summed E-state index contributed by atoms with van der Waals surface area (Å²) in [5.41, 5.74) is 1.23. The number of nitrogens with one attached hydrogen (secondary N) is 1. The van der Waals surface area contributed by atoms with Crippen LogP contribution in [0.1, 0.15) is 52.5 Å². The maximum atomic E-state index is 14.4. The van der Waals surface area contributed by atoms with E-state index in [-0.39, 0.29) is 31.3 Å². The lowest BCUT2D eigenvalue weighted by Crippen LogP contribution is -2.32. The summed E-state index contributed by atoms with van der Waals surface area (Å²) in [5, 5.41) is -0.270. The largest absolute Gasteiger partial charge is 0.493 e. The Bertz CT molecular complexity index is 1420. The quantitative estimate of drug-likeness (QED) is 0.372. The van der Waals surface area contributed by atoms with Gasteiger partial charge >= 0.3 is 0 Å². The van der Waals surface area contributed by atoms with Gasteiger partial charge < -0.3 is 9.47 Å². The Hall–Kier alpha value is -3.53. The van der Waals surface area contributed by atoms with Crippen molar-refractivity contribution in [1.29, 1.82) is 0 Å². The zero-order valence-electron chi connectivity index (χ0n) is 21.2. The molecule has 1 N–H and O–H groups in total. The maximum Gasteiger partial charge on any atom is 0.281 e. The van der Waals surface area contributed by atoms with Crippen LogP contribution in [0.5, 0.6) is 11.6 Å². The molecule has 8 nitrogen and oxygen atoms in total. The second-order valence-electron chi connectivity index (χ2n) is 9.64. The molecular weight excluding hydrogens is 497 g/mol. The van der Waals surface area contributed by atoms with Gasteiger partial charge in [0.1, 0.15) is 23.2 Å². The zero-order chi connectivity index (χ0) is 26.7. The number of hydrogen-bond donors (Lipinski definition) is 1. The van der Waals surface area contributed by atoms with Crippen LogP contribution in [0, 0.1) is 24.6 Å². The van der Waals surface area contributed by atoms with E-state index in [1.54, 1.807) is 25.1 Å². The molecule has 2 heterocycles. The molecule has 3 aromatic rings. The number of nitrogens with zero attached hydrogens (tertiary/aromatic N) is 2. The van der Waals surface area contributed by atoms with Crippen LogP contribution in [0.4, 0.5) is 4.39 Å². The summed E-state index contributed by atoms with van der Waals surface area (Å²) in [6.45, 7) is 7.94. The molecule has 0 bridgehead atoms. The van der Waals surface area contributed by atoms with Crippen LogP contribution < -0.4 is 14.2 Å². The Labute approximate surface area is 219 Å². The molecule has 1 atom stereocenters. The van der Waals surface area contributed by atoms with Crippen molar-refractivity contribution in [2.24, 2.45) is 11.8 Å². The summed E-state index contributed by atoms with van der Waals surface area (Å²) in [6, 6.07) is 11.7. The monoisotopic (exact) mass is 531 g/mol. The molecule has 4 rings (SSSR count). The van der Waals surface area contributed by atoms with Crippen LogP contribution in [0.15, 0.2) is 53.6 Å². The Balaban J connectivity index is 0.00000267. The number of rotatable bonds is 10. The van der Waals surface area contributed by atoms with Gasteiger partial charge in [0.25, 0.3) is 15.9 Å². The normalized spacial score (nSPS) is 14.3. The van der Waals surface area contributed by atoms with Crippen LogP contribution in [0.3, 0.4) is 0 Å². The fraction of sp³-hybridized carbons (Fsp3) is 0.370. The molecule has 1 aliphatic rings. The zero-order valence-corrected chi connectivity index (χ0v) is 22.0. The van der Waals surface area contributed by atoms with Crippen LogP contribution in [-0.2, 0) is 10.0 Å². The molecule has 1 unspecified atom stereocenters. The number of sulfonamides is 1. The molecule has 37 heavy (non-hydrogen) atoms. The van der Waals surface area contributed by atoms with E-state index < -0.39 is 21.7 Å². The van der Waals surface area contributed by atoms with E-state index in [0.717, 1.165) is 12.8 Å². The van der Waals surface area contributed by atoms with E-state index in [1.807, 2.05) is 20.8 Å². The number of hydrogen-bond acceptors (Lipinski definition) is 7. The van der Waals surface area contributed by atoms with Crippen LogP contribution >= 0.6 is 0 Å². The summed E-state index contributed by atoms with van der Waals surface area (Å²) in [5.74, 6) is -0.482. The van der Waals surface area contributed by atoms with Crippen molar-refractivity contribution in [3.8, 4) is 22.9 Å². The topological polar surface area (TPSA) is 107 Å². The second-order valence-corrected chi connectivity index (χ2v) is 11.3. The summed E-state index contributed by atoms with van der Waals surface area (Å²) < 4.78 is 53.7. The van der Waals surface area contributed by atoms with Gasteiger partial charge in [-0.15, -0.1) is 0 Å². The number of ether oxygens (including phenoxy) is 2. The Morgan fingerprint density at radius 3 is 2.57 bits per heavy atom. The number of carbonyl (C=O) groups is 1. The number of amides is 1. The maximum absolute atomic E-state index is 14.4. The molecule has 200 valence electrons. The highest BCUT2D eigenvalue weighted by atomic mass is 32.2. The van der Waals surface area contributed by atoms with E-state index in [4.69, 9.17) is 9.47 Å². The first-order valence-electron chi connectivity index (χ1n) is 12.1. The lowest BCUT2D eigenvalue weighted by Gasteiger charge is -2.17. The molecule has 0 radical (unpaired) electrons. The average Bonchev–Trinajstić information content (AvgIpc) is 3.68. The third kappa shape index (κ3) is 6.82. The lowest BCUT2D eigenvalue weighted by atomic mass is 10.1. The first-order chi connectivity index (χ1) is 17.5. The lowest BCUT2D eigenvalue weighted by molar-refractivity contribution is 0.0971. The van der Waals surface area contributed by atoms with Gasteiger partial charge in [0.15, 0.2) is 5.03 Å². The first kappa shape index (κ1) is 26.5. The highest BCUT2D eigenvalue weighted by Gasteiger charge is 2.31. The number of pyridine rings is 2. The SMILES string of the molecule is Cc1cccc(S(=O)(=O)NC(=O)c2ccc(-c3cc(F)cc(OCC(C)C)c3)nc2OC(C)C2CC2)n1.[HH].[HH].